The second-order valence-electron chi connectivity index (χ2n) is 2.91. The fourth-order valence-corrected chi connectivity index (χ4v) is 0. The molecule has 0 unspecified atom stereocenters. The molecule has 0 rings (SSSR count). The van der Waals surface area contributed by atoms with Crippen LogP contribution >= 0.6 is 0 Å². The standard InChI is InChI=1S/C6H14.Al.3H/c1-5-6(2,3)4;;;;/h5H2,1-4H3;;;;. The lowest BCUT2D eigenvalue weighted by Crippen LogP contribution is -2.00. The van der Waals surface area contributed by atoms with Crippen molar-refractivity contribution in [1.29, 1.82) is 0 Å². The summed E-state index contributed by atoms with van der Waals surface area (Å²) in [4.78, 5) is 0. The van der Waals surface area contributed by atoms with Crippen LogP contribution in [0.15, 0.2) is 0 Å². The molecular weight excluding hydrogens is 99.0 g/mol. The van der Waals surface area contributed by atoms with Crippen LogP contribution in [0, 0.1) is 5.41 Å². The van der Waals surface area contributed by atoms with Gasteiger partial charge < -0.3 is 0 Å². The Morgan fingerprint density at radius 3 is 1.29 bits per heavy atom. The third-order valence-corrected chi connectivity index (χ3v) is 1.06. The van der Waals surface area contributed by atoms with E-state index in [1.165, 1.54) is 6.42 Å². The van der Waals surface area contributed by atoms with Crippen LogP contribution in [0.4, 0.5) is 0 Å². The summed E-state index contributed by atoms with van der Waals surface area (Å²) >= 11 is 0. The minimum absolute atomic E-state index is 0. The highest BCUT2D eigenvalue weighted by Crippen LogP contribution is 2.16. The summed E-state index contributed by atoms with van der Waals surface area (Å²) in [6.45, 7) is 8.94. The van der Waals surface area contributed by atoms with Gasteiger partial charge >= 0.3 is 0 Å². The summed E-state index contributed by atoms with van der Waals surface area (Å²) in [5.74, 6) is 0. The molecule has 0 amide bonds. The first-order chi connectivity index (χ1) is 2.56. The predicted octanol–water partition coefficient (Wildman–Crippen LogP) is 1.26. The highest BCUT2D eigenvalue weighted by atomic mass is 27.0. The van der Waals surface area contributed by atoms with E-state index in [1.807, 2.05) is 0 Å². The van der Waals surface area contributed by atoms with E-state index < -0.39 is 0 Å². The van der Waals surface area contributed by atoms with Crippen LogP contribution in [0.1, 0.15) is 34.1 Å². The molecule has 0 atom stereocenters. The second-order valence-corrected chi connectivity index (χ2v) is 2.91. The Labute approximate surface area is 57.4 Å². The summed E-state index contributed by atoms with van der Waals surface area (Å²) in [6, 6.07) is 0. The smallest absolute Gasteiger partial charge is 0.0649 e. The van der Waals surface area contributed by atoms with Crippen molar-refractivity contribution in [3.05, 3.63) is 0 Å². The van der Waals surface area contributed by atoms with E-state index >= 15 is 0 Å². The van der Waals surface area contributed by atoms with Crippen LogP contribution in [-0.2, 0) is 0 Å². The second kappa shape index (κ2) is 3.52. The van der Waals surface area contributed by atoms with Crippen LogP contribution < -0.4 is 0 Å². The highest BCUT2D eigenvalue weighted by Gasteiger charge is 2.03. The zero-order valence-electron chi connectivity index (χ0n) is 5.21. The molecule has 1 heteroatoms. The molecule has 0 aromatic carbocycles. The van der Waals surface area contributed by atoms with E-state index in [0.717, 1.165) is 0 Å². The van der Waals surface area contributed by atoms with Gasteiger partial charge in [0.1, 0.15) is 0 Å². The van der Waals surface area contributed by atoms with Crippen molar-refractivity contribution in [1.82, 2.24) is 0 Å². The predicted molar refractivity (Wildman–Crippen MR) is 39.7 cm³/mol. The summed E-state index contributed by atoms with van der Waals surface area (Å²) in [5, 5.41) is 0. The SMILES string of the molecule is CCC(C)(C)C.[AlH3]. The van der Waals surface area contributed by atoms with Crippen LogP contribution in [0.25, 0.3) is 0 Å². The first-order valence-electron chi connectivity index (χ1n) is 2.56. The Morgan fingerprint density at radius 1 is 1.14 bits per heavy atom. The van der Waals surface area contributed by atoms with E-state index in [0.29, 0.717) is 5.41 Å². The van der Waals surface area contributed by atoms with Gasteiger partial charge in [0.2, 0.25) is 0 Å². The third-order valence-electron chi connectivity index (χ3n) is 1.06. The molecule has 0 fully saturated rings. The molecular formula is C6H17Al. The zero-order valence-corrected chi connectivity index (χ0v) is 5.21. The van der Waals surface area contributed by atoms with Crippen LogP contribution in [0.3, 0.4) is 0 Å². The first-order valence-corrected chi connectivity index (χ1v) is 2.56. The molecule has 0 radical (unpaired) electrons. The lowest BCUT2D eigenvalue weighted by molar-refractivity contribution is 0.398. The van der Waals surface area contributed by atoms with E-state index in [1.54, 1.807) is 0 Å². The van der Waals surface area contributed by atoms with E-state index in [4.69, 9.17) is 0 Å². The van der Waals surface area contributed by atoms with Crippen molar-refractivity contribution in [2.75, 3.05) is 0 Å². The van der Waals surface area contributed by atoms with Crippen molar-refractivity contribution in [2.24, 2.45) is 5.41 Å². The molecule has 0 aliphatic heterocycles. The highest BCUT2D eigenvalue weighted by molar-refractivity contribution is 5.75. The summed E-state index contributed by atoms with van der Waals surface area (Å²) in [5.41, 5.74) is 0.542. The van der Waals surface area contributed by atoms with Crippen LogP contribution in [0.5, 0.6) is 0 Å². The zero-order chi connectivity index (χ0) is 5.21. The maximum absolute atomic E-state index is 2.24. The van der Waals surface area contributed by atoms with Gasteiger partial charge in [0.15, 0.2) is 17.4 Å². The van der Waals surface area contributed by atoms with Crippen molar-refractivity contribution >= 4 is 17.4 Å². The minimum Gasteiger partial charge on any atom is -0.0649 e. The van der Waals surface area contributed by atoms with E-state index in [-0.39, 0.29) is 17.4 Å². The molecule has 0 aromatic heterocycles. The molecule has 0 nitrogen and oxygen atoms in total. The van der Waals surface area contributed by atoms with Gasteiger partial charge in [0, 0.05) is 0 Å². The van der Waals surface area contributed by atoms with Crippen LogP contribution in [0.2, 0.25) is 0 Å². The van der Waals surface area contributed by atoms with Crippen molar-refractivity contribution < 1.29 is 0 Å². The molecule has 0 aliphatic rings. The molecule has 0 aliphatic carbocycles. The van der Waals surface area contributed by atoms with Gasteiger partial charge in [-0.25, -0.2) is 0 Å². The molecule has 0 saturated heterocycles. The fraction of sp³-hybridized carbons (Fsp3) is 1.00. The number of rotatable bonds is 0. The van der Waals surface area contributed by atoms with Gasteiger partial charge in [-0.2, -0.15) is 0 Å². The van der Waals surface area contributed by atoms with Gasteiger partial charge in [0.05, 0.1) is 0 Å². The van der Waals surface area contributed by atoms with Crippen molar-refractivity contribution in [2.45, 2.75) is 34.1 Å². The monoisotopic (exact) mass is 116 g/mol. The molecule has 44 valence electrons. The Balaban J connectivity index is 0. The fourth-order valence-electron chi connectivity index (χ4n) is 0. The topological polar surface area (TPSA) is 0 Å². The van der Waals surface area contributed by atoms with Gasteiger partial charge in [-0.05, 0) is 5.41 Å². The maximum Gasteiger partial charge on any atom is 0.187 e. The average Bonchev–Trinajstić information content (AvgIpc) is 1.35. The van der Waals surface area contributed by atoms with E-state index in [2.05, 4.69) is 27.7 Å². The Bertz CT molecular complexity index is 33.9. The Kier molecular flexibility index (Phi) is 5.29. The Morgan fingerprint density at radius 2 is 1.29 bits per heavy atom. The minimum atomic E-state index is 0. The quantitative estimate of drug-likeness (QED) is 0.418. The maximum atomic E-state index is 2.24. The number of hydrogen-bond acceptors (Lipinski definition) is 0. The van der Waals surface area contributed by atoms with Gasteiger partial charge in [0.25, 0.3) is 0 Å². The van der Waals surface area contributed by atoms with Crippen LogP contribution in [-0.4, -0.2) is 17.4 Å². The van der Waals surface area contributed by atoms with Gasteiger partial charge in [-0.1, -0.05) is 34.1 Å². The molecule has 0 saturated carbocycles. The third kappa shape index (κ3) is 10.8. The largest absolute Gasteiger partial charge is 0.187 e. The molecule has 0 heterocycles. The molecule has 0 bridgehead atoms. The average molecular weight is 116 g/mol. The first kappa shape index (κ1) is 10.5. The molecule has 0 N–H and O–H groups in total. The molecule has 0 aromatic rings. The lowest BCUT2D eigenvalue weighted by Gasteiger charge is -2.12. The number of hydrogen-bond donors (Lipinski definition) is 0. The molecule has 7 heavy (non-hydrogen) atoms. The normalized spacial score (nSPS) is 10.3. The Hall–Kier alpha value is 0.532. The summed E-state index contributed by atoms with van der Waals surface area (Å²) in [7, 11) is 0. The summed E-state index contributed by atoms with van der Waals surface area (Å²) < 4.78 is 0. The van der Waals surface area contributed by atoms with Gasteiger partial charge in [-0.3, -0.25) is 0 Å². The van der Waals surface area contributed by atoms with Crippen molar-refractivity contribution in [3.63, 3.8) is 0 Å². The summed E-state index contributed by atoms with van der Waals surface area (Å²) in [6.07, 6.45) is 1.27. The van der Waals surface area contributed by atoms with E-state index in [9.17, 15) is 0 Å². The lowest BCUT2D eigenvalue weighted by atomic mass is 9.94. The molecule has 0 spiro atoms. The van der Waals surface area contributed by atoms with Gasteiger partial charge in [-0.15, -0.1) is 0 Å². The van der Waals surface area contributed by atoms with Crippen molar-refractivity contribution in [3.8, 4) is 0 Å².